The second-order valence-corrected chi connectivity index (χ2v) is 6.26. The van der Waals surface area contributed by atoms with Gasteiger partial charge in [0.05, 0.1) is 4.34 Å². The maximum atomic E-state index is 6.05. The van der Waals surface area contributed by atoms with Crippen LogP contribution in [-0.4, -0.2) is 0 Å². The minimum atomic E-state index is 0.123. The molecule has 1 heterocycles. The molecule has 0 bridgehead atoms. The average molecular weight is 218 g/mol. The van der Waals surface area contributed by atoms with E-state index in [9.17, 15) is 0 Å². The molecule has 3 heteroatoms. The Kier molecular flexibility index (Phi) is 3.38. The number of nitrogens with two attached hydrogens (primary N) is 1. The van der Waals surface area contributed by atoms with Gasteiger partial charge in [0.15, 0.2) is 0 Å². The number of hydrogen-bond acceptors (Lipinski definition) is 2. The Morgan fingerprint density at radius 1 is 1.46 bits per heavy atom. The normalized spacial score (nSPS) is 14.5. The summed E-state index contributed by atoms with van der Waals surface area (Å²) in [7, 11) is 0. The Hall–Kier alpha value is -0.0500. The van der Waals surface area contributed by atoms with E-state index in [1.165, 1.54) is 4.88 Å². The number of hydrogen-bond donors (Lipinski definition) is 1. The summed E-state index contributed by atoms with van der Waals surface area (Å²) in [4.78, 5) is 1.18. The fraction of sp³-hybridized carbons (Fsp3) is 0.600. The molecule has 0 aliphatic carbocycles. The van der Waals surface area contributed by atoms with Crippen molar-refractivity contribution in [3.05, 3.63) is 21.3 Å². The summed E-state index contributed by atoms with van der Waals surface area (Å²) in [5.41, 5.74) is 6.32. The summed E-state index contributed by atoms with van der Waals surface area (Å²) in [6.07, 6.45) is 0.990. The molecule has 0 aliphatic rings. The smallest absolute Gasteiger partial charge is 0.0931 e. The first-order valence-corrected chi connectivity index (χ1v) is 5.59. The molecule has 0 aliphatic heterocycles. The predicted molar refractivity (Wildman–Crippen MR) is 60.3 cm³/mol. The van der Waals surface area contributed by atoms with Gasteiger partial charge in [-0.05, 0) is 24.0 Å². The van der Waals surface area contributed by atoms with E-state index in [-0.39, 0.29) is 11.5 Å². The molecule has 0 saturated carbocycles. The van der Waals surface area contributed by atoms with Crippen molar-refractivity contribution in [3.63, 3.8) is 0 Å². The van der Waals surface area contributed by atoms with Crippen molar-refractivity contribution in [2.45, 2.75) is 33.2 Å². The van der Waals surface area contributed by atoms with Crippen LogP contribution in [0.5, 0.6) is 0 Å². The molecular weight excluding hydrogens is 202 g/mol. The standard InChI is InChI=1S/C10H16ClNS/c1-10(2,3)6-7(12)8-4-5-9(11)13-8/h4-5,7H,6,12H2,1-3H3. The molecule has 1 unspecified atom stereocenters. The highest BCUT2D eigenvalue weighted by molar-refractivity contribution is 7.16. The maximum Gasteiger partial charge on any atom is 0.0931 e. The van der Waals surface area contributed by atoms with E-state index in [1.807, 2.05) is 12.1 Å². The molecule has 1 nitrogen and oxygen atoms in total. The Bertz CT molecular complexity index is 275. The highest BCUT2D eigenvalue weighted by atomic mass is 35.5. The molecular formula is C10H16ClNS. The zero-order valence-corrected chi connectivity index (χ0v) is 9.88. The molecule has 74 valence electrons. The molecule has 1 aromatic rings. The molecule has 0 saturated heterocycles. The van der Waals surface area contributed by atoms with Crippen molar-refractivity contribution in [1.29, 1.82) is 0 Å². The second-order valence-electron chi connectivity index (χ2n) is 4.51. The van der Waals surface area contributed by atoms with Gasteiger partial charge in [0.2, 0.25) is 0 Å². The lowest BCUT2D eigenvalue weighted by atomic mass is 9.88. The van der Waals surface area contributed by atoms with Crippen LogP contribution in [0.25, 0.3) is 0 Å². The van der Waals surface area contributed by atoms with Gasteiger partial charge < -0.3 is 5.73 Å². The molecule has 0 radical (unpaired) electrons. The minimum absolute atomic E-state index is 0.123. The highest BCUT2D eigenvalue weighted by Crippen LogP contribution is 2.32. The zero-order chi connectivity index (χ0) is 10.1. The van der Waals surface area contributed by atoms with Crippen LogP contribution in [0.15, 0.2) is 12.1 Å². The molecule has 1 aromatic heterocycles. The summed E-state index contributed by atoms with van der Waals surface area (Å²) >= 11 is 7.42. The van der Waals surface area contributed by atoms with Gasteiger partial charge in [-0.25, -0.2) is 0 Å². The average Bonchev–Trinajstić information content (AvgIpc) is 2.31. The highest BCUT2D eigenvalue weighted by Gasteiger charge is 2.17. The van der Waals surface area contributed by atoms with Crippen molar-refractivity contribution in [2.24, 2.45) is 11.1 Å². The van der Waals surface area contributed by atoms with Crippen molar-refractivity contribution in [1.82, 2.24) is 0 Å². The summed E-state index contributed by atoms with van der Waals surface area (Å²) < 4.78 is 0.819. The van der Waals surface area contributed by atoms with Crippen LogP contribution in [0.4, 0.5) is 0 Å². The first-order valence-electron chi connectivity index (χ1n) is 4.39. The van der Waals surface area contributed by atoms with Gasteiger partial charge in [0, 0.05) is 10.9 Å². The van der Waals surface area contributed by atoms with E-state index in [4.69, 9.17) is 17.3 Å². The molecule has 1 rings (SSSR count). The van der Waals surface area contributed by atoms with Gasteiger partial charge in [-0.3, -0.25) is 0 Å². The third kappa shape index (κ3) is 3.67. The van der Waals surface area contributed by atoms with E-state index in [1.54, 1.807) is 11.3 Å². The molecule has 1 atom stereocenters. The van der Waals surface area contributed by atoms with Crippen LogP contribution in [0.3, 0.4) is 0 Å². The summed E-state index contributed by atoms with van der Waals surface area (Å²) in [6, 6.07) is 4.05. The van der Waals surface area contributed by atoms with Crippen LogP contribution < -0.4 is 5.73 Å². The number of thiophene rings is 1. The van der Waals surface area contributed by atoms with Crippen LogP contribution in [0.2, 0.25) is 4.34 Å². The Morgan fingerprint density at radius 3 is 2.46 bits per heavy atom. The van der Waals surface area contributed by atoms with E-state index in [0.717, 1.165) is 10.8 Å². The fourth-order valence-corrected chi connectivity index (χ4v) is 2.35. The van der Waals surface area contributed by atoms with E-state index in [0.29, 0.717) is 0 Å². The largest absolute Gasteiger partial charge is 0.323 e. The lowest BCUT2D eigenvalue weighted by Crippen LogP contribution is -2.17. The predicted octanol–water partition coefficient (Wildman–Crippen LogP) is 3.84. The summed E-state index contributed by atoms with van der Waals surface area (Å²) in [5.74, 6) is 0. The summed E-state index contributed by atoms with van der Waals surface area (Å²) in [6.45, 7) is 6.59. The van der Waals surface area contributed by atoms with Gasteiger partial charge in [0.25, 0.3) is 0 Å². The number of halogens is 1. The van der Waals surface area contributed by atoms with Crippen molar-refractivity contribution >= 4 is 22.9 Å². The van der Waals surface area contributed by atoms with Crippen molar-refractivity contribution in [3.8, 4) is 0 Å². The summed E-state index contributed by atoms with van der Waals surface area (Å²) in [5, 5.41) is 0. The monoisotopic (exact) mass is 217 g/mol. The van der Waals surface area contributed by atoms with Crippen LogP contribution in [0, 0.1) is 5.41 Å². The van der Waals surface area contributed by atoms with Crippen molar-refractivity contribution < 1.29 is 0 Å². The minimum Gasteiger partial charge on any atom is -0.323 e. The third-order valence-electron chi connectivity index (χ3n) is 1.79. The van der Waals surface area contributed by atoms with E-state index >= 15 is 0 Å². The van der Waals surface area contributed by atoms with E-state index < -0.39 is 0 Å². The van der Waals surface area contributed by atoms with Crippen molar-refractivity contribution in [2.75, 3.05) is 0 Å². The molecule has 2 N–H and O–H groups in total. The van der Waals surface area contributed by atoms with Crippen LogP contribution >= 0.6 is 22.9 Å². The zero-order valence-electron chi connectivity index (χ0n) is 8.30. The quantitative estimate of drug-likeness (QED) is 0.801. The van der Waals surface area contributed by atoms with Gasteiger partial charge >= 0.3 is 0 Å². The third-order valence-corrected chi connectivity index (χ3v) is 3.15. The molecule has 13 heavy (non-hydrogen) atoms. The molecule has 0 spiro atoms. The van der Waals surface area contributed by atoms with E-state index in [2.05, 4.69) is 20.8 Å². The molecule has 0 amide bonds. The fourth-order valence-electron chi connectivity index (χ4n) is 1.29. The molecule has 0 aromatic carbocycles. The lowest BCUT2D eigenvalue weighted by Gasteiger charge is -2.22. The number of rotatable bonds is 2. The first kappa shape index (κ1) is 11.0. The first-order chi connectivity index (χ1) is 5.88. The maximum absolute atomic E-state index is 6.05. The Labute approximate surface area is 88.9 Å². The second kappa shape index (κ2) is 3.99. The van der Waals surface area contributed by atoms with Gasteiger partial charge in [-0.2, -0.15) is 0 Å². The van der Waals surface area contributed by atoms with Gasteiger partial charge in [-0.15, -0.1) is 11.3 Å². The SMILES string of the molecule is CC(C)(C)CC(N)c1ccc(Cl)s1. The van der Waals surface area contributed by atoms with Crippen LogP contribution in [0.1, 0.15) is 38.1 Å². The Morgan fingerprint density at radius 2 is 2.08 bits per heavy atom. The van der Waals surface area contributed by atoms with Gasteiger partial charge in [0.1, 0.15) is 0 Å². The topological polar surface area (TPSA) is 26.0 Å². The van der Waals surface area contributed by atoms with Crippen LogP contribution in [-0.2, 0) is 0 Å². The molecule has 0 fully saturated rings. The Balaban J connectivity index is 2.64. The lowest BCUT2D eigenvalue weighted by molar-refractivity contribution is 0.345. The van der Waals surface area contributed by atoms with Gasteiger partial charge in [-0.1, -0.05) is 32.4 Å².